The minimum atomic E-state index is -0.0461. The van der Waals surface area contributed by atoms with E-state index in [0.717, 1.165) is 19.4 Å². The summed E-state index contributed by atoms with van der Waals surface area (Å²) in [5.74, 6) is 1.11. The summed E-state index contributed by atoms with van der Waals surface area (Å²) in [5, 5.41) is 10.6. The minimum Gasteiger partial charge on any atom is -0.393 e. The Morgan fingerprint density at radius 3 is 2.33 bits per heavy atom. The molecule has 0 radical (unpaired) electrons. The first-order valence-corrected chi connectivity index (χ1v) is 8.11. The molecule has 2 nitrogen and oxygen atoms in total. The highest BCUT2D eigenvalue weighted by molar-refractivity contribution is 4.93. The summed E-state index contributed by atoms with van der Waals surface area (Å²) < 4.78 is 6.14. The van der Waals surface area contributed by atoms with Crippen LogP contribution in [0.15, 0.2) is 0 Å². The molecule has 1 heterocycles. The van der Waals surface area contributed by atoms with Crippen molar-refractivity contribution in [2.24, 2.45) is 11.8 Å². The zero-order chi connectivity index (χ0) is 12.4. The van der Waals surface area contributed by atoms with Gasteiger partial charge in [0.1, 0.15) is 0 Å². The van der Waals surface area contributed by atoms with Crippen molar-refractivity contribution in [1.82, 2.24) is 0 Å². The molecule has 0 aromatic rings. The van der Waals surface area contributed by atoms with Crippen LogP contribution in [0.4, 0.5) is 0 Å². The van der Waals surface area contributed by atoms with E-state index in [2.05, 4.69) is 0 Å². The molecule has 0 bridgehead atoms. The van der Waals surface area contributed by atoms with Crippen LogP contribution in [0.3, 0.4) is 0 Å². The van der Waals surface area contributed by atoms with Gasteiger partial charge in [0.05, 0.1) is 11.7 Å². The van der Waals surface area contributed by atoms with E-state index in [-0.39, 0.29) is 11.7 Å². The monoisotopic (exact) mass is 252 g/mol. The van der Waals surface area contributed by atoms with Gasteiger partial charge in [0, 0.05) is 6.61 Å². The summed E-state index contributed by atoms with van der Waals surface area (Å²) in [6.45, 7) is 0.883. The summed E-state index contributed by atoms with van der Waals surface area (Å²) in [6.07, 6.45) is 13.8. The van der Waals surface area contributed by atoms with Crippen molar-refractivity contribution >= 4 is 0 Å². The second-order valence-corrected chi connectivity index (χ2v) is 6.88. The van der Waals surface area contributed by atoms with Crippen molar-refractivity contribution in [1.29, 1.82) is 0 Å². The van der Waals surface area contributed by atoms with Crippen LogP contribution >= 0.6 is 0 Å². The number of hydrogen-bond acceptors (Lipinski definition) is 2. The Balaban J connectivity index is 1.62. The SMILES string of the molecule is OC(C1CCCC1)C1CCOC2(CCCCC2)C1. The van der Waals surface area contributed by atoms with Crippen molar-refractivity contribution in [2.75, 3.05) is 6.61 Å². The quantitative estimate of drug-likeness (QED) is 0.812. The maximum Gasteiger partial charge on any atom is 0.0686 e. The van der Waals surface area contributed by atoms with Crippen LogP contribution in [0.5, 0.6) is 0 Å². The second kappa shape index (κ2) is 5.50. The lowest BCUT2D eigenvalue weighted by atomic mass is 9.72. The van der Waals surface area contributed by atoms with E-state index in [1.165, 1.54) is 57.8 Å². The molecule has 0 amide bonds. The van der Waals surface area contributed by atoms with Crippen LogP contribution in [0.2, 0.25) is 0 Å². The van der Waals surface area contributed by atoms with Crippen molar-refractivity contribution in [2.45, 2.75) is 82.3 Å². The lowest BCUT2D eigenvalue weighted by Crippen LogP contribution is -2.45. The van der Waals surface area contributed by atoms with E-state index in [1.54, 1.807) is 0 Å². The molecule has 3 aliphatic rings. The van der Waals surface area contributed by atoms with Crippen LogP contribution in [-0.4, -0.2) is 23.4 Å². The average molecular weight is 252 g/mol. The highest BCUT2D eigenvalue weighted by Crippen LogP contribution is 2.44. The van der Waals surface area contributed by atoms with Crippen molar-refractivity contribution in [3.63, 3.8) is 0 Å². The molecule has 2 atom stereocenters. The normalized spacial score (nSPS) is 34.8. The average Bonchev–Trinajstić information content (AvgIpc) is 2.93. The second-order valence-electron chi connectivity index (χ2n) is 6.88. The first-order chi connectivity index (χ1) is 8.79. The highest BCUT2D eigenvalue weighted by Gasteiger charge is 2.42. The predicted octanol–water partition coefficient (Wildman–Crippen LogP) is 3.67. The van der Waals surface area contributed by atoms with E-state index in [1.807, 2.05) is 0 Å². The zero-order valence-electron chi connectivity index (χ0n) is 11.6. The standard InChI is InChI=1S/C16H28O2/c17-15(13-6-2-3-7-13)14-8-11-18-16(12-14)9-4-1-5-10-16/h13-15,17H,1-12H2. The van der Waals surface area contributed by atoms with Gasteiger partial charge in [-0.15, -0.1) is 0 Å². The molecule has 2 unspecified atom stereocenters. The Bertz CT molecular complexity index is 259. The molecule has 3 rings (SSSR count). The van der Waals surface area contributed by atoms with E-state index >= 15 is 0 Å². The number of ether oxygens (including phenoxy) is 1. The van der Waals surface area contributed by atoms with Crippen LogP contribution in [0, 0.1) is 11.8 Å². The van der Waals surface area contributed by atoms with Crippen LogP contribution in [-0.2, 0) is 4.74 Å². The Kier molecular flexibility index (Phi) is 3.95. The molecule has 2 heteroatoms. The van der Waals surface area contributed by atoms with Gasteiger partial charge in [-0.3, -0.25) is 0 Å². The number of aliphatic hydroxyl groups excluding tert-OH is 1. The summed E-state index contributed by atoms with van der Waals surface area (Å²) in [5.41, 5.74) is 0.154. The molecule has 2 saturated carbocycles. The zero-order valence-corrected chi connectivity index (χ0v) is 11.6. The maximum absolute atomic E-state index is 10.6. The number of hydrogen-bond donors (Lipinski definition) is 1. The fourth-order valence-electron chi connectivity index (χ4n) is 4.59. The number of rotatable bonds is 2. The Morgan fingerprint density at radius 1 is 0.889 bits per heavy atom. The first-order valence-electron chi connectivity index (χ1n) is 8.11. The van der Waals surface area contributed by atoms with E-state index in [0.29, 0.717) is 11.8 Å². The van der Waals surface area contributed by atoms with Gasteiger partial charge < -0.3 is 9.84 Å². The highest BCUT2D eigenvalue weighted by atomic mass is 16.5. The lowest BCUT2D eigenvalue weighted by Gasteiger charge is -2.45. The molecule has 1 aliphatic heterocycles. The van der Waals surface area contributed by atoms with E-state index < -0.39 is 0 Å². The van der Waals surface area contributed by atoms with Crippen molar-refractivity contribution in [3.05, 3.63) is 0 Å². The Morgan fingerprint density at radius 2 is 1.61 bits per heavy atom. The summed E-state index contributed by atoms with van der Waals surface area (Å²) >= 11 is 0. The molecule has 2 aliphatic carbocycles. The predicted molar refractivity (Wildman–Crippen MR) is 72.5 cm³/mol. The molecule has 0 aromatic heterocycles. The molecule has 3 fully saturated rings. The van der Waals surface area contributed by atoms with Gasteiger partial charge in [0.25, 0.3) is 0 Å². The summed E-state index contributed by atoms with van der Waals surface area (Å²) in [4.78, 5) is 0. The molecule has 1 N–H and O–H groups in total. The Labute approximate surface area is 111 Å². The summed E-state index contributed by atoms with van der Waals surface area (Å²) in [6, 6.07) is 0. The smallest absolute Gasteiger partial charge is 0.0686 e. The maximum atomic E-state index is 10.6. The van der Waals surface area contributed by atoms with Gasteiger partial charge in [0.2, 0.25) is 0 Å². The van der Waals surface area contributed by atoms with Gasteiger partial charge in [-0.25, -0.2) is 0 Å². The van der Waals surface area contributed by atoms with Gasteiger partial charge in [-0.05, 0) is 50.4 Å². The largest absolute Gasteiger partial charge is 0.393 e. The van der Waals surface area contributed by atoms with Crippen LogP contribution in [0.25, 0.3) is 0 Å². The minimum absolute atomic E-state index is 0.0461. The number of aliphatic hydroxyl groups is 1. The van der Waals surface area contributed by atoms with Crippen LogP contribution in [0.1, 0.15) is 70.6 Å². The molecular formula is C16H28O2. The molecule has 1 spiro atoms. The molecule has 1 saturated heterocycles. The van der Waals surface area contributed by atoms with Gasteiger partial charge >= 0.3 is 0 Å². The molecule has 0 aromatic carbocycles. The third-order valence-corrected chi connectivity index (χ3v) is 5.66. The fraction of sp³-hybridized carbons (Fsp3) is 1.00. The van der Waals surface area contributed by atoms with E-state index in [9.17, 15) is 5.11 Å². The first kappa shape index (κ1) is 12.9. The van der Waals surface area contributed by atoms with Crippen molar-refractivity contribution in [3.8, 4) is 0 Å². The van der Waals surface area contributed by atoms with Gasteiger partial charge in [-0.1, -0.05) is 32.1 Å². The van der Waals surface area contributed by atoms with Gasteiger partial charge in [-0.2, -0.15) is 0 Å². The third-order valence-electron chi connectivity index (χ3n) is 5.66. The summed E-state index contributed by atoms with van der Waals surface area (Å²) in [7, 11) is 0. The fourth-order valence-corrected chi connectivity index (χ4v) is 4.59. The van der Waals surface area contributed by atoms with Gasteiger partial charge in [0.15, 0.2) is 0 Å². The molecule has 104 valence electrons. The third kappa shape index (κ3) is 2.60. The lowest BCUT2D eigenvalue weighted by molar-refractivity contribution is -0.138. The Hall–Kier alpha value is -0.0800. The topological polar surface area (TPSA) is 29.5 Å². The van der Waals surface area contributed by atoms with E-state index in [4.69, 9.17) is 4.74 Å². The van der Waals surface area contributed by atoms with Crippen molar-refractivity contribution < 1.29 is 9.84 Å². The van der Waals surface area contributed by atoms with Crippen LogP contribution < -0.4 is 0 Å². The molecular weight excluding hydrogens is 224 g/mol. The molecule has 18 heavy (non-hydrogen) atoms.